The number of hydrogen-bond acceptors (Lipinski definition) is 7. The number of aliphatic hydroxyl groups excluding tert-OH is 2. The van der Waals surface area contributed by atoms with Gasteiger partial charge in [0.05, 0.1) is 26.4 Å². The molecule has 0 rings (SSSR count). The van der Waals surface area contributed by atoms with Crippen molar-refractivity contribution < 1.29 is 34.1 Å². The third-order valence-corrected chi connectivity index (χ3v) is 2.12. The molecule has 0 saturated heterocycles. The Kier molecular flexibility index (Phi) is 9.05. The van der Waals surface area contributed by atoms with Crippen molar-refractivity contribution in [2.24, 2.45) is 0 Å². The summed E-state index contributed by atoms with van der Waals surface area (Å²) in [6.07, 6.45) is 0. The van der Waals surface area contributed by atoms with E-state index in [0.717, 1.165) is 0 Å². The van der Waals surface area contributed by atoms with E-state index >= 15 is 0 Å². The van der Waals surface area contributed by atoms with Crippen LogP contribution in [-0.4, -0.2) is 66.7 Å². The van der Waals surface area contributed by atoms with Crippen molar-refractivity contribution >= 4 is 18.0 Å². The van der Waals surface area contributed by atoms with Crippen molar-refractivity contribution in [1.29, 1.82) is 0 Å². The van der Waals surface area contributed by atoms with Crippen LogP contribution in [-0.2, 0) is 19.1 Å². The largest absolute Gasteiger partial charge is 0.464 e. The average Bonchev–Trinajstić information content (AvgIpc) is 2.42. The van der Waals surface area contributed by atoms with Crippen molar-refractivity contribution in [3.8, 4) is 0 Å². The Bertz CT molecular complexity index is 305. The zero-order chi connectivity index (χ0) is 15.5. The summed E-state index contributed by atoms with van der Waals surface area (Å²) in [5.41, 5.74) is 0. The maximum absolute atomic E-state index is 11.5. The van der Waals surface area contributed by atoms with Gasteiger partial charge in [-0.05, 0) is 13.8 Å². The van der Waals surface area contributed by atoms with E-state index in [4.69, 9.17) is 10.2 Å². The monoisotopic (exact) mass is 292 g/mol. The molecule has 0 heterocycles. The van der Waals surface area contributed by atoms with E-state index in [2.05, 4.69) is 20.1 Å². The Morgan fingerprint density at radius 3 is 1.50 bits per heavy atom. The molecule has 0 aromatic carbocycles. The van der Waals surface area contributed by atoms with Crippen molar-refractivity contribution in [1.82, 2.24) is 10.6 Å². The summed E-state index contributed by atoms with van der Waals surface area (Å²) >= 11 is 0. The smallest absolute Gasteiger partial charge is 0.331 e. The summed E-state index contributed by atoms with van der Waals surface area (Å²) < 4.78 is 9.26. The van der Waals surface area contributed by atoms with Gasteiger partial charge in [0, 0.05) is 0 Å². The minimum atomic E-state index is -1.25. The highest BCUT2D eigenvalue weighted by Gasteiger charge is 2.25. The van der Waals surface area contributed by atoms with Crippen LogP contribution in [0.3, 0.4) is 0 Å². The van der Waals surface area contributed by atoms with Gasteiger partial charge in [-0.25, -0.2) is 14.4 Å². The molecule has 0 spiro atoms. The molecule has 9 heteroatoms. The lowest BCUT2D eigenvalue weighted by Gasteiger charge is -2.18. The van der Waals surface area contributed by atoms with Crippen LogP contribution in [0.5, 0.6) is 0 Å². The minimum absolute atomic E-state index is 0.0979. The average molecular weight is 292 g/mol. The molecule has 0 radical (unpaired) electrons. The number of amides is 2. The third kappa shape index (κ3) is 6.34. The van der Waals surface area contributed by atoms with Crippen molar-refractivity contribution in [2.45, 2.75) is 25.9 Å². The van der Waals surface area contributed by atoms with Crippen LogP contribution in [0.2, 0.25) is 0 Å². The highest BCUT2D eigenvalue weighted by Crippen LogP contribution is 1.92. The molecule has 2 amide bonds. The van der Waals surface area contributed by atoms with Gasteiger partial charge in [-0.1, -0.05) is 0 Å². The number of aliphatic hydroxyl groups is 2. The Morgan fingerprint density at radius 2 is 1.25 bits per heavy atom. The maximum Gasteiger partial charge on any atom is 0.331 e. The van der Waals surface area contributed by atoms with Gasteiger partial charge in [-0.15, -0.1) is 0 Å². The number of esters is 2. The van der Waals surface area contributed by atoms with Gasteiger partial charge in [0.15, 0.2) is 12.1 Å². The van der Waals surface area contributed by atoms with Gasteiger partial charge in [0.25, 0.3) is 0 Å². The molecule has 0 unspecified atom stereocenters. The molecule has 0 bridgehead atoms. The molecular weight excluding hydrogens is 272 g/mol. The molecule has 0 aliphatic rings. The van der Waals surface area contributed by atoms with Crippen LogP contribution in [0.1, 0.15) is 13.8 Å². The summed E-state index contributed by atoms with van der Waals surface area (Å²) in [4.78, 5) is 34.2. The lowest BCUT2D eigenvalue weighted by molar-refractivity contribution is -0.146. The number of nitrogens with one attached hydrogen (secondary N) is 2. The first-order valence-corrected chi connectivity index (χ1v) is 6.12. The first-order chi connectivity index (χ1) is 9.49. The van der Waals surface area contributed by atoms with Crippen molar-refractivity contribution in [3.05, 3.63) is 0 Å². The van der Waals surface area contributed by atoms with Gasteiger partial charge < -0.3 is 30.3 Å². The molecular formula is C11H20N2O7. The molecule has 4 N–H and O–H groups in total. The summed E-state index contributed by atoms with van der Waals surface area (Å²) in [5.74, 6) is -1.61. The highest BCUT2D eigenvalue weighted by atomic mass is 16.5. The number of carbonyl (C=O) groups excluding carboxylic acids is 3. The molecule has 116 valence electrons. The fourth-order valence-electron chi connectivity index (χ4n) is 1.20. The quantitative estimate of drug-likeness (QED) is 0.385. The van der Waals surface area contributed by atoms with E-state index in [1.165, 1.54) is 0 Å². The highest BCUT2D eigenvalue weighted by molar-refractivity contribution is 5.87. The van der Waals surface area contributed by atoms with Crippen LogP contribution in [0.25, 0.3) is 0 Å². The Balaban J connectivity index is 4.43. The maximum atomic E-state index is 11.5. The van der Waals surface area contributed by atoms with Crippen LogP contribution in [0.4, 0.5) is 4.79 Å². The van der Waals surface area contributed by atoms with Crippen LogP contribution in [0, 0.1) is 0 Å². The Hall–Kier alpha value is -1.87. The minimum Gasteiger partial charge on any atom is -0.464 e. The molecule has 0 aromatic rings. The third-order valence-electron chi connectivity index (χ3n) is 2.12. The second-order valence-electron chi connectivity index (χ2n) is 3.59. The van der Waals surface area contributed by atoms with Gasteiger partial charge in [0.1, 0.15) is 0 Å². The summed E-state index contributed by atoms with van der Waals surface area (Å²) in [7, 11) is 0. The number of hydrogen-bond donors (Lipinski definition) is 4. The molecule has 9 nitrogen and oxygen atoms in total. The fraction of sp³-hybridized carbons (Fsp3) is 0.727. The second-order valence-corrected chi connectivity index (χ2v) is 3.59. The lowest BCUT2D eigenvalue weighted by atomic mass is 10.3. The second kappa shape index (κ2) is 9.98. The van der Waals surface area contributed by atoms with Gasteiger partial charge in [-0.2, -0.15) is 0 Å². The molecule has 0 fully saturated rings. The normalized spacial score (nSPS) is 13.0. The van der Waals surface area contributed by atoms with E-state index in [-0.39, 0.29) is 13.2 Å². The zero-order valence-corrected chi connectivity index (χ0v) is 11.4. The van der Waals surface area contributed by atoms with E-state index < -0.39 is 43.3 Å². The number of carbonyl (C=O) groups is 3. The summed E-state index contributed by atoms with van der Waals surface area (Å²) in [6, 6.07) is -3.42. The Labute approximate surface area is 116 Å². The topological polar surface area (TPSA) is 134 Å². The first kappa shape index (κ1) is 18.1. The summed E-state index contributed by atoms with van der Waals surface area (Å²) in [5, 5.41) is 22.2. The fourth-order valence-corrected chi connectivity index (χ4v) is 1.20. The van der Waals surface area contributed by atoms with Crippen molar-refractivity contribution in [3.63, 3.8) is 0 Å². The van der Waals surface area contributed by atoms with E-state index in [0.29, 0.717) is 0 Å². The molecule has 0 aromatic heterocycles. The van der Waals surface area contributed by atoms with Gasteiger partial charge in [0.2, 0.25) is 0 Å². The molecule has 0 aliphatic carbocycles. The standard InChI is InChI=1S/C11H20N2O7/c1-3-19-9(16)7(5-14)12-11(18)13-8(6-15)10(17)20-4-2/h7-8,14-15H,3-6H2,1-2H3,(H2,12,13,18)/t7-,8-/m0/s1. The van der Waals surface area contributed by atoms with E-state index in [1.54, 1.807) is 13.8 Å². The number of urea groups is 1. The van der Waals surface area contributed by atoms with Crippen LogP contribution in [0.15, 0.2) is 0 Å². The predicted molar refractivity (Wildman–Crippen MR) is 66.7 cm³/mol. The van der Waals surface area contributed by atoms with E-state index in [1.807, 2.05) is 0 Å². The summed E-state index contributed by atoms with van der Waals surface area (Å²) in [6.45, 7) is 2.04. The van der Waals surface area contributed by atoms with Crippen LogP contribution < -0.4 is 10.6 Å². The van der Waals surface area contributed by atoms with E-state index in [9.17, 15) is 14.4 Å². The lowest BCUT2D eigenvalue weighted by Crippen LogP contribution is -2.53. The zero-order valence-electron chi connectivity index (χ0n) is 11.4. The first-order valence-electron chi connectivity index (χ1n) is 6.12. The van der Waals surface area contributed by atoms with Crippen LogP contribution >= 0.6 is 0 Å². The molecule has 2 atom stereocenters. The Morgan fingerprint density at radius 1 is 0.900 bits per heavy atom. The van der Waals surface area contributed by atoms with Gasteiger partial charge >= 0.3 is 18.0 Å². The number of rotatable bonds is 8. The molecule has 20 heavy (non-hydrogen) atoms. The number of ether oxygens (including phenoxy) is 2. The van der Waals surface area contributed by atoms with Crippen molar-refractivity contribution in [2.75, 3.05) is 26.4 Å². The molecule has 0 aliphatic heterocycles. The predicted octanol–water partition coefficient (Wildman–Crippen LogP) is -1.87. The molecule has 0 saturated carbocycles. The SMILES string of the molecule is CCOC(=O)[C@H](CO)NC(=O)N[C@@H](CO)C(=O)OCC. The van der Waals surface area contributed by atoms with Gasteiger partial charge in [-0.3, -0.25) is 0 Å².